The van der Waals surface area contributed by atoms with E-state index >= 15 is 0 Å². The molecule has 0 radical (unpaired) electrons. The lowest BCUT2D eigenvalue weighted by molar-refractivity contribution is -0.484. The summed E-state index contributed by atoms with van der Waals surface area (Å²) in [5.74, 6) is -2.38. The van der Waals surface area contributed by atoms with E-state index in [2.05, 4.69) is 0 Å². The van der Waals surface area contributed by atoms with Crippen LogP contribution in [0.3, 0.4) is 0 Å². The van der Waals surface area contributed by atoms with Crippen molar-refractivity contribution in [1.29, 1.82) is 0 Å². The van der Waals surface area contributed by atoms with E-state index in [0.717, 1.165) is 0 Å². The highest BCUT2D eigenvalue weighted by Gasteiger charge is 2.41. The van der Waals surface area contributed by atoms with Crippen LogP contribution >= 0.6 is 0 Å². The third kappa shape index (κ3) is 5.11. The smallest absolute Gasteiger partial charge is 0.317 e. The van der Waals surface area contributed by atoms with E-state index in [1.807, 2.05) is 0 Å². The first-order valence-corrected chi connectivity index (χ1v) is 9.80. The predicted octanol–water partition coefficient (Wildman–Crippen LogP) is 2.89. The minimum absolute atomic E-state index is 0.0392. The highest BCUT2D eigenvalue weighted by molar-refractivity contribution is 6.09. The van der Waals surface area contributed by atoms with Crippen molar-refractivity contribution in [2.24, 2.45) is 5.92 Å². The molecule has 0 spiro atoms. The van der Waals surface area contributed by atoms with Crippen molar-refractivity contribution in [2.45, 2.75) is 12.8 Å². The molecule has 0 aromatic heterocycles. The number of nitro groups is 1. The molecular formula is C22H23NO8. The van der Waals surface area contributed by atoms with Crippen molar-refractivity contribution in [1.82, 2.24) is 0 Å². The highest BCUT2D eigenvalue weighted by Crippen LogP contribution is 2.37. The standard InChI is InChI=1S/C22H23NO8/c1-3-29-22(25)20(21(24)14-4-7-16(28-2)8-5-14)17(13-23(26)27)15-6-9-18-19(12-15)31-11-10-30-18/h4-9,12,17,20H,3,10-11,13H2,1-2H3. The number of carbonyl (C=O) groups is 2. The third-order valence-corrected chi connectivity index (χ3v) is 4.94. The quantitative estimate of drug-likeness (QED) is 0.197. The maximum absolute atomic E-state index is 13.3. The summed E-state index contributed by atoms with van der Waals surface area (Å²) >= 11 is 0. The maximum atomic E-state index is 13.3. The van der Waals surface area contributed by atoms with E-state index in [0.29, 0.717) is 36.0 Å². The lowest BCUT2D eigenvalue weighted by Gasteiger charge is -2.24. The Morgan fingerprint density at radius 3 is 2.39 bits per heavy atom. The summed E-state index contributed by atoms with van der Waals surface area (Å²) in [7, 11) is 1.49. The van der Waals surface area contributed by atoms with Crippen LogP contribution in [0.5, 0.6) is 17.2 Å². The number of hydrogen-bond donors (Lipinski definition) is 0. The number of fused-ring (bicyclic) bond motifs is 1. The third-order valence-electron chi connectivity index (χ3n) is 4.94. The molecule has 2 aromatic rings. The van der Waals surface area contributed by atoms with Gasteiger partial charge in [0, 0.05) is 10.5 Å². The second-order valence-electron chi connectivity index (χ2n) is 6.85. The molecule has 3 rings (SSSR count). The molecule has 0 aliphatic carbocycles. The zero-order chi connectivity index (χ0) is 22.4. The molecule has 1 aliphatic heterocycles. The highest BCUT2D eigenvalue weighted by atomic mass is 16.6. The summed E-state index contributed by atoms with van der Waals surface area (Å²) in [6.07, 6.45) is 0. The monoisotopic (exact) mass is 429 g/mol. The SMILES string of the molecule is CCOC(=O)C(C(=O)c1ccc(OC)cc1)C(C[N+](=O)[O-])c1ccc2c(c1)OCCO2. The second-order valence-corrected chi connectivity index (χ2v) is 6.85. The number of ether oxygens (including phenoxy) is 4. The van der Waals surface area contributed by atoms with Gasteiger partial charge in [-0.05, 0) is 48.9 Å². The van der Waals surface area contributed by atoms with Crippen LogP contribution in [0.15, 0.2) is 42.5 Å². The Balaban J connectivity index is 2.04. The Labute approximate surface area is 179 Å². The minimum Gasteiger partial charge on any atom is -0.497 e. The van der Waals surface area contributed by atoms with Crippen molar-refractivity contribution in [3.63, 3.8) is 0 Å². The van der Waals surface area contributed by atoms with E-state index in [-0.39, 0.29) is 12.2 Å². The first kappa shape index (κ1) is 22.1. The normalized spacial score (nSPS) is 14.3. The Kier molecular flexibility index (Phi) is 7.07. The molecule has 9 heteroatoms. The number of methoxy groups -OCH3 is 1. The fourth-order valence-corrected chi connectivity index (χ4v) is 3.48. The molecule has 0 bridgehead atoms. The fourth-order valence-electron chi connectivity index (χ4n) is 3.48. The Morgan fingerprint density at radius 2 is 1.77 bits per heavy atom. The molecule has 1 aliphatic rings. The van der Waals surface area contributed by atoms with Gasteiger partial charge < -0.3 is 18.9 Å². The van der Waals surface area contributed by atoms with Crippen LogP contribution in [0.4, 0.5) is 0 Å². The summed E-state index contributed by atoms with van der Waals surface area (Å²) in [4.78, 5) is 37.1. The van der Waals surface area contributed by atoms with E-state index in [9.17, 15) is 19.7 Å². The Bertz CT molecular complexity index is 956. The number of benzene rings is 2. The van der Waals surface area contributed by atoms with Gasteiger partial charge in [0.2, 0.25) is 6.54 Å². The van der Waals surface area contributed by atoms with E-state index < -0.39 is 35.1 Å². The summed E-state index contributed by atoms with van der Waals surface area (Å²) in [5, 5.41) is 11.5. The van der Waals surface area contributed by atoms with Gasteiger partial charge in [-0.25, -0.2) is 0 Å². The molecule has 2 unspecified atom stereocenters. The van der Waals surface area contributed by atoms with Crippen LogP contribution in [-0.2, 0) is 9.53 Å². The molecule has 9 nitrogen and oxygen atoms in total. The van der Waals surface area contributed by atoms with E-state index in [1.54, 1.807) is 37.3 Å². The number of esters is 1. The van der Waals surface area contributed by atoms with Crippen molar-refractivity contribution in [3.8, 4) is 17.2 Å². The van der Waals surface area contributed by atoms with Crippen molar-refractivity contribution in [3.05, 3.63) is 63.7 Å². The minimum atomic E-state index is -1.40. The molecule has 0 amide bonds. The first-order chi connectivity index (χ1) is 14.9. The Hall–Kier alpha value is -3.62. The number of Topliss-reactive ketones (excluding diaryl/α,β-unsaturated/α-hetero) is 1. The van der Waals surface area contributed by atoms with Gasteiger partial charge >= 0.3 is 5.97 Å². The van der Waals surface area contributed by atoms with Crippen LogP contribution in [0.25, 0.3) is 0 Å². The lowest BCUT2D eigenvalue weighted by atomic mass is 9.81. The average Bonchev–Trinajstić information content (AvgIpc) is 2.78. The summed E-state index contributed by atoms with van der Waals surface area (Å²) in [5.41, 5.74) is 0.644. The number of ketones is 1. The molecule has 0 saturated heterocycles. The van der Waals surface area contributed by atoms with Crippen molar-refractivity contribution < 1.29 is 33.5 Å². The molecule has 2 aromatic carbocycles. The lowest BCUT2D eigenvalue weighted by Crippen LogP contribution is -2.35. The van der Waals surface area contributed by atoms with Gasteiger partial charge in [0.1, 0.15) is 24.9 Å². The zero-order valence-electron chi connectivity index (χ0n) is 17.2. The van der Waals surface area contributed by atoms with Gasteiger partial charge in [0.05, 0.1) is 19.6 Å². The fraction of sp³-hybridized carbons (Fsp3) is 0.364. The maximum Gasteiger partial charge on any atom is 0.317 e. The summed E-state index contributed by atoms with van der Waals surface area (Å²) < 4.78 is 21.3. The van der Waals surface area contributed by atoms with Crippen LogP contribution in [0, 0.1) is 16.0 Å². The molecule has 2 atom stereocenters. The molecular weight excluding hydrogens is 406 g/mol. The molecule has 0 fully saturated rings. The second kappa shape index (κ2) is 9.92. The van der Waals surface area contributed by atoms with Crippen LogP contribution in [0.1, 0.15) is 28.8 Å². The van der Waals surface area contributed by atoms with Gasteiger partial charge in [-0.2, -0.15) is 0 Å². The number of rotatable bonds is 9. The van der Waals surface area contributed by atoms with Crippen LogP contribution in [0.2, 0.25) is 0 Å². The molecule has 1 heterocycles. The zero-order valence-corrected chi connectivity index (χ0v) is 17.2. The largest absolute Gasteiger partial charge is 0.497 e. The number of carbonyl (C=O) groups excluding carboxylic acids is 2. The van der Waals surface area contributed by atoms with Crippen molar-refractivity contribution in [2.75, 3.05) is 33.5 Å². The topological polar surface area (TPSA) is 114 Å². The molecule has 0 N–H and O–H groups in total. The van der Waals surface area contributed by atoms with Crippen LogP contribution < -0.4 is 14.2 Å². The number of hydrogen-bond acceptors (Lipinski definition) is 8. The predicted molar refractivity (Wildman–Crippen MR) is 109 cm³/mol. The first-order valence-electron chi connectivity index (χ1n) is 9.80. The van der Waals surface area contributed by atoms with Crippen LogP contribution in [-0.4, -0.2) is 50.2 Å². The van der Waals surface area contributed by atoms with E-state index in [1.165, 1.54) is 19.2 Å². The molecule has 31 heavy (non-hydrogen) atoms. The van der Waals surface area contributed by atoms with Gasteiger partial charge in [-0.1, -0.05) is 6.07 Å². The average molecular weight is 429 g/mol. The van der Waals surface area contributed by atoms with Gasteiger partial charge in [-0.15, -0.1) is 0 Å². The summed E-state index contributed by atoms with van der Waals surface area (Å²) in [6, 6.07) is 11.0. The van der Waals surface area contributed by atoms with Gasteiger partial charge in [-0.3, -0.25) is 19.7 Å². The molecule has 164 valence electrons. The number of nitrogens with zero attached hydrogens (tertiary/aromatic N) is 1. The van der Waals surface area contributed by atoms with Gasteiger partial charge in [0.15, 0.2) is 17.3 Å². The molecule has 0 saturated carbocycles. The van der Waals surface area contributed by atoms with E-state index in [4.69, 9.17) is 18.9 Å². The summed E-state index contributed by atoms with van der Waals surface area (Å²) in [6.45, 7) is 1.75. The van der Waals surface area contributed by atoms with Gasteiger partial charge in [0.25, 0.3) is 0 Å². The Morgan fingerprint density at radius 1 is 1.10 bits per heavy atom. The van der Waals surface area contributed by atoms with Crippen molar-refractivity contribution >= 4 is 11.8 Å².